The van der Waals surface area contributed by atoms with Crippen molar-refractivity contribution in [3.63, 3.8) is 0 Å². The second kappa shape index (κ2) is 8.63. The van der Waals surface area contributed by atoms with Gasteiger partial charge in [0, 0.05) is 43.5 Å². The SMILES string of the molecule is Cc1nn(CC(=O)N2CCCN(Cc3csc(C(C)(C)C)n3)CC2)c(C)c1Br. The van der Waals surface area contributed by atoms with Gasteiger partial charge in [0.1, 0.15) is 6.54 Å². The quantitative estimate of drug-likeness (QED) is 0.686. The Hall–Kier alpha value is -1.25. The zero-order valence-corrected chi connectivity index (χ0v) is 19.9. The first-order chi connectivity index (χ1) is 13.1. The molecule has 3 rings (SSSR count). The molecule has 2 aromatic heterocycles. The van der Waals surface area contributed by atoms with Gasteiger partial charge in [-0.15, -0.1) is 11.3 Å². The molecule has 0 saturated carbocycles. The Labute approximate surface area is 180 Å². The van der Waals surface area contributed by atoms with Crippen LogP contribution < -0.4 is 0 Å². The van der Waals surface area contributed by atoms with E-state index in [1.807, 2.05) is 18.7 Å². The van der Waals surface area contributed by atoms with E-state index in [9.17, 15) is 4.79 Å². The Morgan fingerprint density at radius 1 is 1.21 bits per heavy atom. The first-order valence-corrected chi connectivity index (χ1v) is 11.5. The van der Waals surface area contributed by atoms with Gasteiger partial charge in [0.25, 0.3) is 0 Å². The van der Waals surface area contributed by atoms with Gasteiger partial charge in [-0.1, -0.05) is 20.8 Å². The molecule has 0 aromatic carbocycles. The fourth-order valence-electron chi connectivity index (χ4n) is 3.39. The predicted molar refractivity (Wildman–Crippen MR) is 117 cm³/mol. The van der Waals surface area contributed by atoms with Gasteiger partial charge in [-0.25, -0.2) is 4.98 Å². The van der Waals surface area contributed by atoms with E-state index in [4.69, 9.17) is 4.98 Å². The van der Waals surface area contributed by atoms with Crippen molar-refractivity contribution in [1.82, 2.24) is 24.6 Å². The number of hydrogen-bond acceptors (Lipinski definition) is 5. The molecular formula is C20H30BrN5OS. The van der Waals surface area contributed by atoms with Crippen molar-refractivity contribution in [2.24, 2.45) is 0 Å². The average Bonchev–Trinajstić information content (AvgIpc) is 3.08. The van der Waals surface area contributed by atoms with Gasteiger partial charge >= 0.3 is 0 Å². The summed E-state index contributed by atoms with van der Waals surface area (Å²) < 4.78 is 2.79. The number of thiazole rings is 1. The zero-order chi connectivity index (χ0) is 20.5. The summed E-state index contributed by atoms with van der Waals surface area (Å²) in [7, 11) is 0. The summed E-state index contributed by atoms with van der Waals surface area (Å²) in [5.74, 6) is 0.142. The van der Waals surface area contributed by atoms with E-state index in [2.05, 4.69) is 52.1 Å². The molecule has 1 amide bonds. The van der Waals surface area contributed by atoms with Gasteiger partial charge in [0.2, 0.25) is 5.91 Å². The summed E-state index contributed by atoms with van der Waals surface area (Å²) in [6.45, 7) is 15.2. The van der Waals surface area contributed by atoms with Gasteiger partial charge in [-0.05, 0) is 36.2 Å². The van der Waals surface area contributed by atoms with E-state index < -0.39 is 0 Å². The van der Waals surface area contributed by atoms with E-state index in [1.54, 1.807) is 16.0 Å². The molecule has 0 bridgehead atoms. The van der Waals surface area contributed by atoms with Gasteiger partial charge < -0.3 is 4.90 Å². The van der Waals surface area contributed by atoms with Gasteiger partial charge in [-0.3, -0.25) is 14.4 Å². The maximum absolute atomic E-state index is 12.8. The molecule has 0 N–H and O–H groups in total. The Morgan fingerprint density at radius 3 is 2.57 bits per heavy atom. The minimum atomic E-state index is 0.100. The van der Waals surface area contributed by atoms with Crippen molar-refractivity contribution in [2.75, 3.05) is 26.2 Å². The highest BCUT2D eigenvalue weighted by molar-refractivity contribution is 9.10. The lowest BCUT2D eigenvalue weighted by Crippen LogP contribution is -2.37. The lowest BCUT2D eigenvalue weighted by Gasteiger charge is -2.22. The largest absolute Gasteiger partial charge is 0.340 e. The third kappa shape index (κ3) is 5.02. The Morgan fingerprint density at radius 2 is 1.96 bits per heavy atom. The third-order valence-corrected chi connectivity index (χ3v) is 7.56. The van der Waals surface area contributed by atoms with Crippen molar-refractivity contribution < 1.29 is 4.79 Å². The summed E-state index contributed by atoms with van der Waals surface area (Å²) in [5, 5.41) is 7.83. The molecule has 8 heteroatoms. The van der Waals surface area contributed by atoms with Gasteiger partial charge in [0.15, 0.2) is 0 Å². The Bertz CT molecular complexity index is 838. The van der Waals surface area contributed by atoms with E-state index in [-0.39, 0.29) is 11.3 Å². The van der Waals surface area contributed by atoms with Crippen LogP contribution in [0, 0.1) is 13.8 Å². The van der Waals surface area contributed by atoms with E-state index >= 15 is 0 Å². The number of aryl methyl sites for hydroxylation is 1. The lowest BCUT2D eigenvalue weighted by atomic mass is 9.98. The highest BCUT2D eigenvalue weighted by Gasteiger charge is 2.22. The fourth-order valence-corrected chi connectivity index (χ4v) is 4.57. The number of amides is 1. The number of nitrogens with zero attached hydrogens (tertiary/aromatic N) is 5. The van der Waals surface area contributed by atoms with E-state index in [1.165, 1.54) is 5.01 Å². The molecule has 154 valence electrons. The summed E-state index contributed by atoms with van der Waals surface area (Å²) in [6.07, 6.45) is 0.989. The van der Waals surface area contributed by atoms with Crippen molar-refractivity contribution in [3.8, 4) is 0 Å². The number of carbonyl (C=O) groups is 1. The summed E-state index contributed by atoms with van der Waals surface area (Å²) in [4.78, 5) is 22.0. The van der Waals surface area contributed by atoms with Crippen molar-refractivity contribution >= 4 is 33.2 Å². The molecular weight excluding hydrogens is 438 g/mol. The predicted octanol–water partition coefficient (Wildman–Crippen LogP) is 3.75. The van der Waals surface area contributed by atoms with Crippen LogP contribution in [0.25, 0.3) is 0 Å². The van der Waals surface area contributed by atoms with Crippen LogP contribution in [0.1, 0.15) is 49.3 Å². The molecule has 0 atom stereocenters. The average molecular weight is 468 g/mol. The molecule has 6 nitrogen and oxygen atoms in total. The standard InChI is InChI=1S/C20H30BrN5OS/c1-14-18(21)15(2)26(23-14)12-17(27)25-8-6-7-24(9-10-25)11-16-13-28-19(22-16)20(3,4)5/h13H,6-12H2,1-5H3. The first-order valence-electron chi connectivity index (χ1n) is 9.79. The van der Waals surface area contributed by atoms with Crippen LogP contribution in [0.15, 0.2) is 9.85 Å². The van der Waals surface area contributed by atoms with Crippen molar-refractivity contribution in [1.29, 1.82) is 0 Å². The number of rotatable bonds is 4. The van der Waals surface area contributed by atoms with Crippen LogP contribution in [-0.4, -0.2) is 56.7 Å². The zero-order valence-electron chi connectivity index (χ0n) is 17.5. The first kappa shape index (κ1) is 21.5. The molecule has 28 heavy (non-hydrogen) atoms. The highest BCUT2D eigenvalue weighted by Crippen LogP contribution is 2.26. The second-order valence-electron chi connectivity index (χ2n) is 8.55. The van der Waals surface area contributed by atoms with Gasteiger partial charge in [-0.2, -0.15) is 5.10 Å². The van der Waals surface area contributed by atoms with E-state index in [0.29, 0.717) is 6.54 Å². The summed E-state index contributed by atoms with van der Waals surface area (Å²) >= 11 is 5.28. The Kier molecular flexibility index (Phi) is 6.61. The molecule has 3 heterocycles. The molecule has 0 aliphatic carbocycles. The molecule has 0 radical (unpaired) electrons. The second-order valence-corrected chi connectivity index (χ2v) is 10.2. The fraction of sp³-hybridized carbons (Fsp3) is 0.650. The molecule has 1 fully saturated rings. The van der Waals surface area contributed by atoms with Crippen LogP contribution in [-0.2, 0) is 23.3 Å². The van der Waals surface area contributed by atoms with Crippen LogP contribution in [0.2, 0.25) is 0 Å². The summed E-state index contributed by atoms with van der Waals surface area (Å²) in [5.41, 5.74) is 3.16. The van der Waals surface area contributed by atoms with Gasteiger partial charge in [0.05, 0.1) is 26.6 Å². The number of carbonyl (C=O) groups excluding carboxylic acids is 1. The lowest BCUT2D eigenvalue weighted by molar-refractivity contribution is -0.131. The molecule has 1 aliphatic rings. The Balaban J connectivity index is 1.56. The minimum absolute atomic E-state index is 0.100. The topological polar surface area (TPSA) is 54.3 Å². The van der Waals surface area contributed by atoms with E-state index in [0.717, 1.165) is 60.7 Å². The smallest absolute Gasteiger partial charge is 0.244 e. The third-order valence-electron chi connectivity index (χ3n) is 5.10. The summed E-state index contributed by atoms with van der Waals surface area (Å²) in [6, 6.07) is 0. The molecule has 0 spiro atoms. The molecule has 0 unspecified atom stereocenters. The minimum Gasteiger partial charge on any atom is -0.340 e. The van der Waals surface area contributed by atoms with Crippen molar-refractivity contribution in [2.45, 2.75) is 59.5 Å². The maximum Gasteiger partial charge on any atom is 0.244 e. The molecule has 2 aromatic rings. The monoisotopic (exact) mass is 467 g/mol. The van der Waals surface area contributed by atoms with Crippen LogP contribution in [0.5, 0.6) is 0 Å². The maximum atomic E-state index is 12.8. The molecule has 1 saturated heterocycles. The number of hydrogen-bond donors (Lipinski definition) is 0. The number of halogens is 1. The van der Waals surface area contributed by atoms with Crippen LogP contribution in [0.3, 0.4) is 0 Å². The van der Waals surface area contributed by atoms with Crippen LogP contribution >= 0.6 is 27.3 Å². The normalized spacial score (nSPS) is 16.4. The van der Waals surface area contributed by atoms with Crippen LogP contribution in [0.4, 0.5) is 0 Å². The van der Waals surface area contributed by atoms with Crippen molar-refractivity contribution in [3.05, 3.63) is 31.9 Å². The molecule has 1 aliphatic heterocycles. The highest BCUT2D eigenvalue weighted by atomic mass is 79.9. The number of aromatic nitrogens is 3.